The predicted molar refractivity (Wildman–Crippen MR) is 142 cm³/mol. The van der Waals surface area contributed by atoms with Crippen molar-refractivity contribution in [3.63, 3.8) is 0 Å². The summed E-state index contributed by atoms with van der Waals surface area (Å²) in [6.07, 6.45) is 3.50. The van der Waals surface area contributed by atoms with Crippen LogP contribution in [-0.4, -0.2) is 56.4 Å². The molecule has 0 radical (unpaired) electrons. The average molecular weight is 511 g/mol. The van der Waals surface area contributed by atoms with E-state index < -0.39 is 5.91 Å². The third-order valence-electron chi connectivity index (χ3n) is 6.21. The average Bonchev–Trinajstić information content (AvgIpc) is 3.36. The molecular formula is C27H26N8O3. The van der Waals surface area contributed by atoms with Crippen LogP contribution in [0.4, 0.5) is 11.5 Å². The number of nitriles is 1. The van der Waals surface area contributed by atoms with Gasteiger partial charge in [-0.1, -0.05) is 30.8 Å². The number of ether oxygens (including phenoxy) is 1. The van der Waals surface area contributed by atoms with Crippen molar-refractivity contribution in [1.29, 1.82) is 5.26 Å². The Balaban J connectivity index is 1.46. The summed E-state index contributed by atoms with van der Waals surface area (Å²) < 4.78 is 7.52. The Morgan fingerprint density at radius 2 is 2.16 bits per heavy atom. The van der Waals surface area contributed by atoms with Gasteiger partial charge in [0, 0.05) is 61.5 Å². The van der Waals surface area contributed by atoms with Gasteiger partial charge in [0.1, 0.15) is 23.9 Å². The van der Waals surface area contributed by atoms with Crippen LogP contribution in [0, 0.1) is 11.3 Å². The maximum Gasteiger partial charge on any atom is 0.319 e. The Hall–Kier alpha value is -4.95. The minimum atomic E-state index is -0.483. The normalized spacial score (nSPS) is 15.2. The fourth-order valence-electron chi connectivity index (χ4n) is 4.30. The van der Waals surface area contributed by atoms with Crippen molar-refractivity contribution in [3.8, 4) is 17.8 Å². The van der Waals surface area contributed by atoms with Gasteiger partial charge in [-0.3, -0.25) is 9.48 Å². The highest BCUT2D eigenvalue weighted by Crippen LogP contribution is 2.29. The summed E-state index contributed by atoms with van der Waals surface area (Å²) in [5, 5.41) is 31.3. The molecule has 2 aromatic heterocycles. The highest BCUT2D eigenvalue weighted by atomic mass is 16.5. The number of carbonyl (C=O) groups excluding carboxylic acids is 1. The van der Waals surface area contributed by atoms with E-state index in [0.29, 0.717) is 36.7 Å². The number of anilines is 2. The summed E-state index contributed by atoms with van der Waals surface area (Å²) in [5.41, 5.74) is 1.80. The van der Waals surface area contributed by atoms with Crippen LogP contribution in [-0.2, 0) is 13.7 Å². The van der Waals surface area contributed by atoms with E-state index in [2.05, 4.69) is 38.3 Å². The van der Waals surface area contributed by atoms with Gasteiger partial charge >= 0.3 is 6.01 Å². The van der Waals surface area contributed by atoms with E-state index in [1.165, 1.54) is 6.07 Å². The molecule has 3 N–H and O–H groups in total. The Morgan fingerprint density at radius 3 is 2.95 bits per heavy atom. The number of rotatable bonds is 7. The lowest BCUT2D eigenvalue weighted by molar-refractivity contribution is 0.102. The first-order chi connectivity index (χ1) is 18.4. The maximum absolute atomic E-state index is 13.4. The molecule has 38 heavy (non-hydrogen) atoms. The van der Waals surface area contributed by atoms with Crippen LogP contribution in [0.1, 0.15) is 16.1 Å². The molecule has 0 saturated carbocycles. The summed E-state index contributed by atoms with van der Waals surface area (Å²) in [6, 6.07) is 14.1. The molecule has 0 unspecified atom stereocenters. The molecular weight excluding hydrogens is 484 g/mol. The van der Waals surface area contributed by atoms with Crippen molar-refractivity contribution in [2.24, 2.45) is 7.05 Å². The van der Waals surface area contributed by atoms with Crippen molar-refractivity contribution in [3.05, 3.63) is 78.3 Å². The topological polar surface area (TPSA) is 141 Å². The summed E-state index contributed by atoms with van der Waals surface area (Å²) in [7, 11) is 1.81. The first-order valence-electron chi connectivity index (χ1n) is 12.0. The van der Waals surface area contributed by atoms with Gasteiger partial charge in [-0.05, 0) is 11.5 Å². The van der Waals surface area contributed by atoms with Crippen molar-refractivity contribution in [2.75, 3.05) is 29.9 Å². The highest BCUT2D eigenvalue weighted by molar-refractivity contribution is 6.09. The second-order valence-electron chi connectivity index (χ2n) is 8.96. The molecule has 1 aliphatic rings. The third-order valence-corrected chi connectivity index (χ3v) is 6.21. The zero-order chi connectivity index (χ0) is 26.6. The highest BCUT2D eigenvalue weighted by Gasteiger charge is 2.25. The van der Waals surface area contributed by atoms with E-state index in [1.54, 1.807) is 23.0 Å². The predicted octanol–water partition coefficient (Wildman–Crippen LogP) is 2.76. The molecule has 11 heteroatoms. The maximum atomic E-state index is 13.4. The number of carbonyl (C=O) groups is 1. The van der Waals surface area contributed by atoms with E-state index in [1.807, 2.05) is 42.4 Å². The number of phenolic OH excluding ortho intramolecular Hbond substituents is 1. The standard InChI is InChI=1S/C27H26N8O3/c1-17(12-28)24-15-35(8-7-29-24)25-11-23(32-27(33-25)38-16-18-13-30-34(2)14-18)26(37)31-22-10-20(36)9-19-5-3-4-6-21(19)22/h3-6,9-11,13-14,24,29,36H,1,7-8,15-16H2,2H3,(H,31,37)/t24-/m1/s1. The molecule has 5 rings (SSSR count). The number of nitrogens with zero attached hydrogens (tertiary/aromatic N) is 6. The molecule has 0 bridgehead atoms. The minimum absolute atomic E-state index is 0.0338. The number of nitrogens with one attached hydrogen (secondary N) is 2. The smallest absolute Gasteiger partial charge is 0.319 e. The number of aromatic nitrogens is 4. The Labute approximate surface area is 219 Å². The molecule has 4 aromatic rings. The monoisotopic (exact) mass is 510 g/mol. The number of aryl methyl sites for hydroxylation is 1. The molecule has 1 atom stereocenters. The summed E-state index contributed by atoms with van der Waals surface area (Å²) in [6.45, 7) is 5.66. The largest absolute Gasteiger partial charge is 0.508 e. The molecule has 11 nitrogen and oxygen atoms in total. The molecule has 2 aromatic carbocycles. The quantitative estimate of drug-likeness (QED) is 0.320. The number of aromatic hydroxyl groups is 1. The van der Waals surface area contributed by atoms with Crippen LogP contribution in [0.25, 0.3) is 10.8 Å². The van der Waals surface area contributed by atoms with Crippen LogP contribution in [0.15, 0.2) is 67.0 Å². The number of amides is 1. The summed E-state index contributed by atoms with van der Waals surface area (Å²) >= 11 is 0. The zero-order valence-corrected chi connectivity index (χ0v) is 20.8. The molecule has 1 fully saturated rings. The lowest BCUT2D eigenvalue weighted by atomic mass is 10.1. The second-order valence-corrected chi connectivity index (χ2v) is 8.96. The fourth-order valence-corrected chi connectivity index (χ4v) is 4.30. The van der Waals surface area contributed by atoms with E-state index in [0.717, 1.165) is 16.3 Å². The van der Waals surface area contributed by atoms with Gasteiger partial charge in [-0.15, -0.1) is 0 Å². The van der Waals surface area contributed by atoms with Gasteiger partial charge in [0.25, 0.3) is 5.91 Å². The van der Waals surface area contributed by atoms with Gasteiger partial charge in [0.2, 0.25) is 0 Å². The van der Waals surface area contributed by atoms with Crippen molar-refractivity contribution in [2.45, 2.75) is 12.6 Å². The van der Waals surface area contributed by atoms with E-state index in [-0.39, 0.29) is 30.1 Å². The Kier molecular flexibility index (Phi) is 6.88. The third kappa shape index (κ3) is 5.40. The molecule has 1 saturated heterocycles. The lowest BCUT2D eigenvalue weighted by Gasteiger charge is -2.34. The van der Waals surface area contributed by atoms with Crippen LogP contribution in [0.2, 0.25) is 0 Å². The Bertz CT molecular complexity index is 1560. The number of hydrogen-bond acceptors (Lipinski definition) is 9. The SMILES string of the molecule is C=C(C#N)[C@H]1CN(c2cc(C(=O)Nc3cc(O)cc4ccccc34)nc(OCc3cnn(C)c3)n2)CCN1. The van der Waals surface area contributed by atoms with Gasteiger partial charge in [0.05, 0.1) is 24.0 Å². The lowest BCUT2D eigenvalue weighted by Crippen LogP contribution is -2.51. The van der Waals surface area contributed by atoms with Crippen LogP contribution >= 0.6 is 0 Å². The molecule has 1 amide bonds. The van der Waals surface area contributed by atoms with E-state index in [9.17, 15) is 15.2 Å². The number of hydrogen-bond donors (Lipinski definition) is 3. The van der Waals surface area contributed by atoms with Gasteiger partial charge < -0.3 is 25.4 Å². The van der Waals surface area contributed by atoms with Gasteiger partial charge in [-0.2, -0.15) is 20.3 Å². The van der Waals surface area contributed by atoms with E-state index in [4.69, 9.17) is 4.74 Å². The van der Waals surface area contributed by atoms with Crippen molar-refractivity contribution in [1.82, 2.24) is 25.1 Å². The van der Waals surface area contributed by atoms with Crippen LogP contribution in [0.5, 0.6) is 11.8 Å². The molecule has 3 heterocycles. The number of fused-ring (bicyclic) bond motifs is 1. The molecule has 0 aliphatic carbocycles. The number of benzene rings is 2. The minimum Gasteiger partial charge on any atom is -0.508 e. The van der Waals surface area contributed by atoms with Gasteiger partial charge in [0.15, 0.2) is 0 Å². The van der Waals surface area contributed by atoms with Gasteiger partial charge in [-0.25, -0.2) is 0 Å². The van der Waals surface area contributed by atoms with Crippen LogP contribution < -0.4 is 20.3 Å². The zero-order valence-electron chi connectivity index (χ0n) is 20.8. The van der Waals surface area contributed by atoms with Crippen molar-refractivity contribution < 1.29 is 14.6 Å². The van der Waals surface area contributed by atoms with E-state index >= 15 is 0 Å². The Morgan fingerprint density at radius 1 is 1.32 bits per heavy atom. The first kappa shape index (κ1) is 24.7. The number of phenols is 1. The molecule has 192 valence electrons. The second kappa shape index (κ2) is 10.6. The molecule has 0 spiro atoms. The first-order valence-corrected chi connectivity index (χ1v) is 12.0. The fraction of sp³-hybridized carbons (Fsp3) is 0.222. The van der Waals surface area contributed by atoms with Crippen molar-refractivity contribution >= 4 is 28.2 Å². The molecule has 1 aliphatic heterocycles. The summed E-state index contributed by atoms with van der Waals surface area (Å²) in [5.74, 6) is 0.0422. The number of piperazine rings is 1. The van der Waals surface area contributed by atoms with Crippen LogP contribution in [0.3, 0.4) is 0 Å². The summed E-state index contributed by atoms with van der Waals surface area (Å²) in [4.78, 5) is 24.3.